The molecule has 2 aromatic rings. The monoisotopic (exact) mass is 355 g/mol. The van der Waals surface area contributed by atoms with E-state index in [1.165, 1.54) is 24.9 Å². The maximum atomic E-state index is 13.0. The third-order valence-electron chi connectivity index (χ3n) is 3.35. The lowest BCUT2D eigenvalue weighted by Crippen LogP contribution is -2.17. The van der Waals surface area contributed by atoms with Gasteiger partial charge in [0.2, 0.25) is 0 Å². The molecule has 25 heavy (non-hydrogen) atoms. The van der Waals surface area contributed by atoms with E-state index in [2.05, 4.69) is 25.4 Å². The third-order valence-corrected chi connectivity index (χ3v) is 3.35. The first-order valence-corrected chi connectivity index (χ1v) is 7.18. The van der Waals surface area contributed by atoms with E-state index in [0.717, 1.165) is 12.1 Å². The summed E-state index contributed by atoms with van der Waals surface area (Å²) in [7, 11) is 1.39. The lowest BCUT2D eigenvalue weighted by molar-refractivity contribution is -0.137. The number of oxime groups is 1. The number of pyridine rings is 1. The van der Waals surface area contributed by atoms with Crippen LogP contribution < -0.4 is 5.32 Å². The number of aryl methyl sites for hydroxylation is 1. The van der Waals surface area contributed by atoms with Gasteiger partial charge >= 0.3 is 12.3 Å². The van der Waals surface area contributed by atoms with Crippen molar-refractivity contribution < 1.29 is 22.8 Å². The van der Waals surface area contributed by atoms with E-state index in [1.54, 1.807) is 13.8 Å². The van der Waals surface area contributed by atoms with Gasteiger partial charge in [-0.15, -0.1) is 0 Å². The Hall–Kier alpha value is -2.91. The Balaban J connectivity index is 2.42. The summed E-state index contributed by atoms with van der Waals surface area (Å²) in [6.45, 7) is 4.71. The average Bonchev–Trinajstić information content (AvgIpc) is 2.92. The number of hydrogen-bond acceptors (Lipinski definition) is 5. The fourth-order valence-electron chi connectivity index (χ4n) is 2.12. The molecule has 0 aliphatic heterocycles. The summed E-state index contributed by atoms with van der Waals surface area (Å²) in [5, 5.41) is 9.97. The van der Waals surface area contributed by atoms with Crippen LogP contribution in [0.5, 0.6) is 0 Å². The van der Waals surface area contributed by atoms with E-state index in [0.29, 0.717) is 17.0 Å². The minimum Gasteiger partial charge on any atom is -0.323 e. The number of hydrogen-bond donors (Lipinski definition) is 1. The predicted octanol–water partition coefficient (Wildman–Crippen LogP) is 2.98. The van der Waals surface area contributed by atoms with Gasteiger partial charge in [-0.2, -0.15) is 18.3 Å². The first-order chi connectivity index (χ1) is 11.6. The van der Waals surface area contributed by atoms with E-state index in [4.69, 9.17) is 0 Å². The number of amides is 1. The molecule has 0 spiro atoms. The smallest absolute Gasteiger partial charge is 0.323 e. The summed E-state index contributed by atoms with van der Waals surface area (Å²) in [4.78, 5) is 19.8. The van der Waals surface area contributed by atoms with Crippen LogP contribution in [0.25, 0.3) is 5.82 Å². The third kappa shape index (κ3) is 4.14. The van der Waals surface area contributed by atoms with E-state index >= 15 is 0 Å². The molecule has 0 bridgehead atoms. The van der Waals surface area contributed by atoms with Gasteiger partial charge in [0.1, 0.15) is 0 Å². The molecule has 0 atom stereocenters. The molecule has 0 radical (unpaired) electrons. The van der Waals surface area contributed by atoms with Gasteiger partial charge < -0.3 is 5.32 Å². The Morgan fingerprint density at radius 3 is 2.60 bits per heavy atom. The highest BCUT2D eigenvalue weighted by Crippen LogP contribution is 2.30. The highest BCUT2D eigenvalue weighted by atomic mass is 19.4. The van der Waals surface area contributed by atoms with Gasteiger partial charge in [-0.3, -0.25) is 4.84 Å². The summed E-state index contributed by atoms with van der Waals surface area (Å²) >= 11 is 0. The Morgan fingerprint density at radius 2 is 2.00 bits per heavy atom. The van der Waals surface area contributed by atoms with Crippen LogP contribution in [0.15, 0.2) is 23.5 Å². The second-order valence-corrected chi connectivity index (χ2v) is 5.21. The molecule has 2 aromatic heterocycles. The van der Waals surface area contributed by atoms with Crippen molar-refractivity contribution in [2.45, 2.75) is 26.9 Å². The summed E-state index contributed by atoms with van der Waals surface area (Å²) in [5.41, 5.74) is 0.777. The minimum atomic E-state index is -4.48. The normalized spacial score (nSPS) is 12.2. The van der Waals surface area contributed by atoms with Crippen molar-refractivity contribution in [3.8, 4) is 5.82 Å². The number of carbonyl (C=O) groups is 1. The molecular formula is C15H16F3N5O2. The lowest BCUT2D eigenvalue weighted by atomic mass is 10.2. The number of alkyl halides is 3. The van der Waals surface area contributed by atoms with Crippen LogP contribution in [-0.2, 0) is 11.0 Å². The average molecular weight is 355 g/mol. The number of nitrogens with zero attached hydrogens (tertiary/aromatic N) is 4. The molecule has 0 aromatic carbocycles. The molecule has 0 saturated heterocycles. The summed E-state index contributed by atoms with van der Waals surface area (Å²) in [6.07, 6.45) is -3.80. The second kappa shape index (κ2) is 6.91. The van der Waals surface area contributed by atoms with Crippen LogP contribution in [0.1, 0.15) is 29.4 Å². The lowest BCUT2D eigenvalue weighted by Gasteiger charge is -2.11. The van der Waals surface area contributed by atoms with Crippen LogP contribution >= 0.6 is 0 Å². The van der Waals surface area contributed by atoms with Gasteiger partial charge in [0, 0.05) is 18.3 Å². The van der Waals surface area contributed by atoms with Gasteiger partial charge in [0.05, 0.1) is 23.2 Å². The Kier molecular flexibility index (Phi) is 5.10. The van der Waals surface area contributed by atoms with Gasteiger partial charge in [-0.1, -0.05) is 5.16 Å². The van der Waals surface area contributed by atoms with Gasteiger partial charge in [-0.25, -0.2) is 14.5 Å². The molecule has 2 heterocycles. The molecule has 0 fully saturated rings. The van der Waals surface area contributed by atoms with Gasteiger partial charge in [-0.05, 0) is 32.9 Å². The molecule has 134 valence electrons. The Morgan fingerprint density at radius 1 is 1.32 bits per heavy atom. The summed E-state index contributed by atoms with van der Waals surface area (Å²) in [6, 6.07) is 1.89. The molecule has 10 heteroatoms. The van der Waals surface area contributed by atoms with Crippen molar-refractivity contribution in [1.29, 1.82) is 0 Å². The fraction of sp³-hybridized carbons (Fsp3) is 0.333. The maximum absolute atomic E-state index is 13.0. The van der Waals surface area contributed by atoms with Crippen molar-refractivity contribution >= 4 is 11.8 Å². The first-order valence-electron chi connectivity index (χ1n) is 7.18. The zero-order valence-corrected chi connectivity index (χ0v) is 14.0. The van der Waals surface area contributed by atoms with Crippen LogP contribution in [0, 0.1) is 13.8 Å². The molecule has 0 aliphatic carbocycles. The molecule has 2 rings (SSSR count). The molecule has 0 saturated carbocycles. The van der Waals surface area contributed by atoms with E-state index in [1.807, 2.05) is 0 Å². The van der Waals surface area contributed by atoms with Crippen molar-refractivity contribution in [1.82, 2.24) is 20.1 Å². The van der Waals surface area contributed by atoms with Gasteiger partial charge in [0.15, 0.2) is 5.82 Å². The Labute approximate surface area is 141 Å². The van der Waals surface area contributed by atoms with Crippen LogP contribution in [0.3, 0.4) is 0 Å². The van der Waals surface area contributed by atoms with Crippen molar-refractivity contribution in [2.24, 2.45) is 5.16 Å². The molecule has 0 aliphatic rings. The largest absolute Gasteiger partial charge is 0.433 e. The highest BCUT2D eigenvalue weighted by Gasteiger charge is 2.31. The van der Waals surface area contributed by atoms with Crippen LogP contribution in [0.2, 0.25) is 0 Å². The maximum Gasteiger partial charge on any atom is 0.433 e. The quantitative estimate of drug-likeness (QED) is 0.521. The standard InChI is InChI=1S/C15H16F3N5O2/c1-8-5-11(15(16,17)18)6-13(21-8)23-10(3)12(7-20-23)9(2)22-25-14(24)19-4/h5-7H,1-4H3,(H,19,24)/b22-9-. The first kappa shape index (κ1) is 18.4. The molecule has 7 nitrogen and oxygen atoms in total. The van der Waals surface area contributed by atoms with E-state index in [9.17, 15) is 18.0 Å². The van der Waals surface area contributed by atoms with Gasteiger partial charge in [0.25, 0.3) is 0 Å². The number of rotatable bonds is 3. The molecule has 1 amide bonds. The van der Waals surface area contributed by atoms with E-state index < -0.39 is 17.8 Å². The van der Waals surface area contributed by atoms with Crippen LogP contribution in [-0.4, -0.2) is 33.6 Å². The van der Waals surface area contributed by atoms with Crippen molar-refractivity contribution in [2.75, 3.05) is 7.05 Å². The number of halogens is 3. The molecular weight excluding hydrogens is 339 g/mol. The highest BCUT2D eigenvalue weighted by molar-refractivity contribution is 5.99. The van der Waals surface area contributed by atoms with Crippen molar-refractivity contribution in [3.05, 3.63) is 40.8 Å². The van der Waals surface area contributed by atoms with E-state index in [-0.39, 0.29) is 11.5 Å². The minimum absolute atomic E-state index is 0.0381. The summed E-state index contributed by atoms with van der Waals surface area (Å²) in [5.74, 6) is 0.0381. The fourth-order valence-corrected chi connectivity index (χ4v) is 2.12. The number of nitrogens with one attached hydrogen (secondary N) is 1. The zero-order valence-electron chi connectivity index (χ0n) is 14.0. The van der Waals surface area contributed by atoms with Crippen molar-refractivity contribution in [3.63, 3.8) is 0 Å². The number of aromatic nitrogens is 3. The second-order valence-electron chi connectivity index (χ2n) is 5.21. The number of carbonyl (C=O) groups excluding carboxylic acids is 1. The SMILES string of the molecule is CNC(=O)O/N=C(/C)c1cnn(-c2cc(C(F)(F)F)cc(C)n2)c1C. The predicted molar refractivity (Wildman–Crippen MR) is 83.6 cm³/mol. The Bertz CT molecular complexity index is 827. The summed E-state index contributed by atoms with van der Waals surface area (Å²) < 4.78 is 40.2. The van der Waals surface area contributed by atoms with Crippen LogP contribution in [0.4, 0.5) is 18.0 Å². The molecule has 1 N–H and O–H groups in total. The zero-order chi connectivity index (χ0) is 18.8. The topological polar surface area (TPSA) is 81.4 Å². The molecule has 0 unspecified atom stereocenters.